The second kappa shape index (κ2) is 2.91. The highest BCUT2D eigenvalue weighted by atomic mass is 32.1. The van der Waals surface area contributed by atoms with Crippen LogP contribution in [0, 0.1) is 0 Å². The zero-order valence-electron chi connectivity index (χ0n) is 6.05. The molecule has 1 heterocycles. The Morgan fingerprint density at radius 1 is 1.54 bits per heavy atom. The molecule has 13 heavy (non-hydrogen) atoms. The first-order valence-corrected chi connectivity index (χ1v) is 3.84. The van der Waals surface area contributed by atoms with Gasteiger partial charge in [0, 0.05) is 0 Å². The molecule has 1 aromatic rings. The van der Waals surface area contributed by atoms with Crippen LogP contribution in [0.2, 0.25) is 0 Å². The topological polar surface area (TPSA) is 63.3 Å². The zero-order valence-corrected chi connectivity index (χ0v) is 6.87. The fourth-order valence-electron chi connectivity index (χ4n) is 0.732. The minimum atomic E-state index is -4.59. The Balaban J connectivity index is 3.18. The van der Waals surface area contributed by atoms with E-state index in [0.29, 0.717) is 17.4 Å². The van der Waals surface area contributed by atoms with Crippen LogP contribution in [0.5, 0.6) is 0 Å². The smallest absolute Gasteiger partial charge is 0.419 e. The summed E-state index contributed by atoms with van der Waals surface area (Å²) in [6, 6.07) is 0.530. The number of nitrogen functional groups attached to an aromatic ring is 1. The summed E-state index contributed by atoms with van der Waals surface area (Å²) in [5, 5.41) is 7.85. The first kappa shape index (κ1) is 9.85. The number of carbonyl (C=O) groups is 1. The van der Waals surface area contributed by atoms with Crippen molar-refractivity contribution in [1.29, 1.82) is 0 Å². The molecule has 0 atom stereocenters. The number of thiophene rings is 1. The van der Waals surface area contributed by atoms with Gasteiger partial charge in [0.1, 0.15) is 4.88 Å². The molecule has 0 aliphatic rings. The van der Waals surface area contributed by atoms with Crippen molar-refractivity contribution in [3.63, 3.8) is 0 Å². The second-order valence-corrected chi connectivity index (χ2v) is 3.28. The number of anilines is 1. The molecule has 0 aromatic carbocycles. The van der Waals surface area contributed by atoms with Gasteiger partial charge < -0.3 is 10.8 Å². The third kappa shape index (κ3) is 1.92. The number of carboxylic acid groups (broad SMARTS) is 1. The van der Waals surface area contributed by atoms with Gasteiger partial charge in [-0.05, 0) is 6.07 Å². The van der Waals surface area contributed by atoms with Crippen molar-refractivity contribution in [3.05, 3.63) is 16.5 Å². The van der Waals surface area contributed by atoms with Gasteiger partial charge in [-0.3, -0.25) is 0 Å². The van der Waals surface area contributed by atoms with Crippen molar-refractivity contribution in [2.24, 2.45) is 0 Å². The van der Waals surface area contributed by atoms with Gasteiger partial charge in [-0.2, -0.15) is 13.2 Å². The van der Waals surface area contributed by atoms with Crippen molar-refractivity contribution < 1.29 is 23.1 Å². The molecule has 72 valence electrons. The highest BCUT2D eigenvalue weighted by Crippen LogP contribution is 2.38. The first-order chi connectivity index (χ1) is 5.82. The number of hydrogen-bond acceptors (Lipinski definition) is 3. The lowest BCUT2D eigenvalue weighted by molar-refractivity contribution is -0.136. The lowest BCUT2D eigenvalue weighted by Gasteiger charge is -2.02. The minimum Gasteiger partial charge on any atom is -0.477 e. The van der Waals surface area contributed by atoms with E-state index in [9.17, 15) is 18.0 Å². The summed E-state index contributed by atoms with van der Waals surface area (Å²) in [4.78, 5) is 9.87. The Bertz CT molecular complexity index is 344. The van der Waals surface area contributed by atoms with Gasteiger partial charge in [-0.15, -0.1) is 11.3 Å². The lowest BCUT2D eigenvalue weighted by atomic mass is 10.3. The third-order valence-electron chi connectivity index (χ3n) is 1.28. The van der Waals surface area contributed by atoms with E-state index in [-0.39, 0.29) is 0 Å². The number of rotatable bonds is 1. The van der Waals surface area contributed by atoms with Crippen molar-refractivity contribution in [3.8, 4) is 0 Å². The summed E-state index contributed by atoms with van der Waals surface area (Å²) in [7, 11) is 0. The Kier molecular flexibility index (Phi) is 2.21. The molecule has 0 saturated heterocycles. The Morgan fingerprint density at radius 2 is 2.08 bits per heavy atom. The maximum Gasteiger partial charge on any atom is 0.419 e. The maximum absolute atomic E-state index is 12.1. The van der Waals surface area contributed by atoms with Crippen molar-refractivity contribution in [1.82, 2.24) is 0 Å². The van der Waals surface area contributed by atoms with E-state index in [4.69, 9.17) is 10.8 Å². The van der Waals surface area contributed by atoms with E-state index in [2.05, 4.69) is 0 Å². The average Bonchev–Trinajstić information content (AvgIpc) is 2.29. The van der Waals surface area contributed by atoms with E-state index in [1.165, 1.54) is 0 Å². The number of halogens is 3. The number of aromatic carboxylic acids is 1. The van der Waals surface area contributed by atoms with E-state index in [1.54, 1.807) is 0 Å². The summed E-state index contributed by atoms with van der Waals surface area (Å²) in [5.74, 6) is -1.41. The first-order valence-electron chi connectivity index (χ1n) is 3.02. The van der Waals surface area contributed by atoms with Crippen LogP contribution in [0.3, 0.4) is 0 Å². The Labute approximate surface area is 74.6 Å². The molecule has 0 saturated carbocycles. The van der Waals surface area contributed by atoms with Gasteiger partial charge in [0.05, 0.1) is 10.6 Å². The molecule has 1 rings (SSSR count). The van der Waals surface area contributed by atoms with Gasteiger partial charge in [0.15, 0.2) is 0 Å². The van der Waals surface area contributed by atoms with Gasteiger partial charge in [0.25, 0.3) is 0 Å². The van der Waals surface area contributed by atoms with Crippen LogP contribution in [0.4, 0.5) is 18.2 Å². The fourth-order valence-corrected chi connectivity index (χ4v) is 1.52. The van der Waals surface area contributed by atoms with Gasteiger partial charge in [0.2, 0.25) is 0 Å². The molecule has 0 spiro atoms. The summed E-state index contributed by atoms with van der Waals surface area (Å²) in [6.07, 6.45) is -4.59. The van der Waals surface area contributed by atoms with E-state index < -0.39 is 27.6 Å². The third-order valence-corrected chi connectivity index (χ3v) is 2.23. The molecule has 0 bridgehead atoms. The molecule has 3 nitrogen and oxygen atoms in total. The molecular formula is C6H4F3NO2S. The quantitative estimate of drug-likeness (QED) is 0.747. The number of hydrogen-bond donors (Lipinski definition) is 2. The van der Waals surface area contributed by atoms with Crippen LogP contribution in [0.15, 0.2) is 6.07 Å². The molecule has 1 aromatic heterocycles. The van der Waals surface area contributed by atoms with Crippen LogP contribution in [-0.2, 0) is 6.18 Å². The number of carboxylic acids is 1. The van der Waals surface area contributed by atoms with Crippen LogP contribution < -0.4 is 5.73 Å². The molecule has 0 aliphatic heterocycles. The normalized spacial score (nSPS) is 11.6. The van der Waals surface area contributed by atoms with Crippen LogP contribution in [-0.4, -0.2) is 11.1 Å². The molecule has 0 unspecified atom stereocenters. The molecular weight excluding hydrogens is 207 g/mol. The summed E-state index contributed by atoms with van der Waals surface area (Å²) >= 11 is 0.408. The summed E-state index contributed by atoms with van der Waals surface area (Å²) < 4.78 is 36.2. The average molecular weight is 211 g/mol. The molecule has 0 aliphatic carbocycles. The molecule has 3 N–H and O–H groups in total. The number of alkyl halides is 3. The summed E-state index contributed by atoms with van der Waals surface area (Å²) in [6.45, 7) is 0. The predicted molar refractivity (Wildman–Crippen MR) is 40.7 cm³/mol. The largest absolute Gasteiger partial charge is 0.477 e. The standard InChI is InChI=1S/C6H4F3NO2S/c7-6(8,9)2-1-3(5(11)12)13-4(2)10/h1H,10H2,(H,11,12). The summed E-state index contributed by atoms with van der Waals surface area (Å²) in [5.41, 5.74) is 3.91. The van der Waals surface area contributed by atoms with Crippen LogP contribution in [0.1, 0.15) is 15.2 Å². The monoisotopic (exact) mass is 211 g/mol. The van der Waals surface area contributed by atoms with Gasteiger partial charge in [-0.25, -0.2) is 4.79 Å². The molecule has 0 amide bonds. The van der Waals surface area contributed by atoms with E-state index >= 15 is 0 Å². The lowest BCUT2D eigenvalue weighted by Crippen LogP contribution is -2.05. The van der Waals surface area contributed by atoms with Gasteiger partial charge >= 0.3 is 12.1 Å². The van der Waals surface area contributed by atoms with Gasteiger partial charge in [-0.1, -0.05) is 0 Å². The predicted octanol–water partition coefficient (Wildman–Crippen LogP) is 2.05. The Hall–Kier alpha value is -1.24. The molecule has 7 heteroatoms. The van der Waals surface area contributed by atoms with E-state index in [1.807, 2.05) is 0 Å². The van der Waals surface area contributed by atoms with Crippen LogP contribution >= 0.6 is 11.3 Å². The van der Waals surface area contributed by atoms with Crippen molar-refractivity contribution >= 4 is 22.3 Å². The highest BCUT2D eigenvalue weighted by Gasteiger charge is 2.35. The Morgan fingerprint density at radius 3 is 2.31 bits per heavy atom. The van der Waals surface area contributed by atoms with E-state index in [0.717, 1.165) is 0 Å². The highest BCUT2D eigenvalue weighted by molar-refractivity contribution is 7.17. The number of nitrogens with two attached hydrogens (primary N) is 1. The minimum absolute atomic E-state index is 0.408. The van der Waals surface area contributed by atoms with Crippen LogP contribution in [0.25, 0.3) is 0 Å². The SMILES string of the molecule is Nc1sc(C(=O)O)cc1C(F)(F)F. The maximum atomic E-state index is 12.1. The molecule has 0 radical (unpaired) electrons. The van der Waals surface area contributed by atoms with Crippen molar-refractivity contribution in [2.75, 3.05) is 5.73 Å². The molecule has 0 fully saturated rings. The van der Waals surface area contributed by atoms with Crippen molar-refractivity contribution in [2.45, 2.75) is 6.18 Å². The zero-order chi connectivity index (χ0) is 10.2. The fraction of sp³-hybridized carbons (Fsp3) is 0.167. The second-order valence-electron chi connectivity index (χ2n) is 2.19.